The van der Waals surface area contributed by atoms with Crippen LogP contribution in [0.3, 0.4) is 0 Å². The molecule has 0 aliphatic carbocycles. The van der Waals surface area contributed by atoms with Gasteiger partial charge in [0.15, 0.2) is 5.78 Å². The van der Waals surface area contributed by atoms with E-state index in [1.54, 1.807) is 24.3 Å². The minimum absolute atomic E-state index is 0.0261. The molecule has 1 aromatic rings. The number of hydrogen-bond donors (Lipinski definition) is 2. The summed E-state index contributed by atoms with van der Waals surface area (Å²) in [5.74, 6) is -0.367. The molecule has 0 bridgehead atoms. The second-order valence-corrected chi connectivity index (χ2v) is 4.22. The van der Waals surface area contributed by atoms with Gasteiger partial charge in [-0.15, -0.1) is 0 Å². The third-order valence-corrected chi connectivity index (χ3v) is 2.51. The predicted octanol–water partition coefficient (Wildman–Crippen LogP) is 0.969. The van der Waals surface area contributed by atoms with Gasteiger partial charge in [0, 0.05) is 5.56 Å². The van der Waals surface area contributed by atoms with E-state index in [1.165, 1.54) is 0 Å². The van der Waals surface area contributed by atoms with Crippen LogP contribution in [0.5, 0.6) is 0 Å². The van der Waals surface area contributed by atoms with E-state index in [9.17, 15) is 9.59 Å². The predicted molar refractivity (Wildman–Crippen MR) is 66.6 cm³/mol. The van der Waals surface area contributed by atoms with Gasteiger partial charge in [0.05, 0.1) is 12.6 Å². The monoisotopic (exact) mass is 234 g/mol. The van der Waals surface area contributed by atoms with E-state index >= 15 is 0 Å². The van der Waals surface area contributed by atoms with E-state index in [0.29, 0.717) is 5.56 Å². The second kappa shape index (κ2) is 6.15. The molecule has 1 amide bonds. The number of rotatable bonds is 5. The topological polar surface area (TPSA) is 72.2 Å². The van der Waals surface area contributed by atoms with Gasteiger partial charge in [-0.2, -0.15) is 0 Å². The Kier molecular flexibility index (Phi) is 4.84. The van der Waals surface area contributed by atoms with E-state index in [1.807, 2.05) is 19.9 Å². The quantitative estimate of drug-likeness (QED) is 0.746. The Morgan fingerprint density at radius 3 is 2.29 bits per heavy atom. The number of nitrogens with one attached hydrogen (secondary N) is 1. The van der Waals surface area contributed by atoms with Gasteiger partial charge in [-0.1, -0.05) is 44.2 Å². The normalized spacial score (nSPS) is 12.2. The van der Waals surface area contributed by atoms with Crippen molar-refractivity contribution < 1.29 is 9.59 Å². The van der Waals surface area contributed by atoms with Gasteiger partial charge in [0.25, 0.3) is 0 Å². The summed E-state index contributed by atoms with van der Waals surface area (Å²) in [6, 6.07) is 8.41. The first-order valence-corrected chi connectivity index (χ1v) is 5.65. The maximum atomic E-state index is 12.2. The molecule has 1 atom stereocenters. The van der Waals surface area contributed by atoms with Crippen molar-refractivity contribution in [3.05, 3.63) is 35.9 Å². The van der Waals surface area contributed by atoms with Crippen molar-refractivity contribution in [3.63, 3.8) is 0 Å². The molecule has 0 radical (unpaired) electrons. The standard InChI is InChI=1S/C13H18N2O2/c1-9(2)12(15-11(16)8-14)13(17)10-6-4-3-5-7-10/h3-7,9,12H,8,14H2,1-2H3,(H,15,16)/t12-/m0/s1. The molecule has 0 aliphatic heterocycles. The first kappa shape index (κ1) is 13.4. The maximum absolute atomic E-state index is 12.2. The lowest BCUT2D eigenvalue weighted by atomic mass is 9.95. The fourth-order valence-electron chi connectivity index (χ4n) is 1.55. The molecule has 1 aromatic carbocycles. The number of nitrogens with two attached hydrogens (primary N) is 1. The molecular formula is C13H18N2O2. The lowest BCUT2D eigenvalue weighted by Crippen LogP contribution is -2.46. The van der Waals surface area contributed by atoms with Gasteiger partial charge in [-0.3, -0.25) is 9.59 Å². The smallest absolute Gasteiger partial charge is 0.234 e. The summed E-state index contributed by atoms with van der Waals surface area (Å²) in [6.07, 6.45) is 0. The van der Waals surface area contributed by atoms with Crippen LogP contribution in [0.2, 0.25) is 0 Å². The zero-order chi connectivity index (χ0) is 12.8. The third kappa shape index (κ3) is 3.67. The molecular weight excluding hydrogens is 216 g/mol. The lowest BCUT2D eigenvalue weighted by Gasteiger charge is -2.20. The number of carbonyl (C=O) groups excluding carboxylic acids is 2. The van der Waals surface area contributed by atoms with Gasteiger partial charge in [0.2, 0.25) is 5.91 Å². The van der Waals surface area contributed by atoms with Gasteiger partial charge < -0.3 is 11.1 Å². The molecule has 0 aromatic heterocycles. The van der Waals surface area contributed by atoms with E-state index in [2.05, 4.69) is 5.32 Å². The zero-order valence-corrected chi connectivity index (χ0v) is 10.1. The molecule has 1 rings (SSSR count). The number of carbonyl (C=O) groups is 2. The van der Waals surface area contributed by atoms with Gasteiger partial charge in [0.1, 0.15) is 0 Å². The molecule has 0 heterocycles. The van der Waals surface area contributed by atoms with Crippen molar-refractivity contribution >= 4 is 11.7 Å². The van der Waals surface area contributed by atoms with Crippen molar-refractivity contribution in [1.82, 2.24) is 5.32 Å². The molecule has 0 spiro atoms. The average molecular weight is 234 g/mol. The molecule has 0 unspecified atom stereocenters. The van der Waals surface area contributed by atoms with Crippen LogP contribution in [0.1, 0.15) is 24.2 Å². The highest BCUT2D eigenvalue weighted by atomic mass is 16.2. The summed E-state index contributed by atoms with van der Waals surface area (Å²) < 4.78 is 0. The van der Waals surface area contributed by atoms with Gasteiger partial charge in [-0.25, -0.2) is 0 Å². The van der Waals surface area contributed by atoms with Crippen LogP contribution in [0.15, 0.2) is 30.3 Å². The summed E-state index contributed by atoms with van der Waals surface area (Å²) in [5.41, 5.74) is 5.84. The Morgan fingerprint density at radius 1 is 1.24 bits per heavy atom. The number of benzene rings is 1. The highest BCUT2D eigenvalue weighted by Gasteiger charge is 2.24. The van der Waals surface area contributed by atoms with Crippen LogP contribution in [0.4, 0.5) is 0 Å². The molecule has 4 nitrogen and oxygen atoms in total. The fourth-order valence-corrected chi connectivity index (χ4v) is 1.55. The molecule has 17 heavy (non-hydrogen) atoms. The number of ketones is 1. The van der Waals surface area contributed by atoms with Crippen LogP contribution in [0.25, 0.3) is 0 Å². The van der Waals surface area contributed by atoms with E-state index in [4.69, 9.17) is 5.73 Å². The first-order chi connectivity index (χ1) is 8.06. The van der Waals surface area contributed by atoms with E-state index in [-0.39, 0.29) is 24.2 Å². The maximum Gasteiger partial charge on any atom is 0.234 e. The Bertz CT molecular complexity index is 388. The molecule has 0 fully saturated rings. The summed E-state index contributed by atoms with van der Waals surface area (Å²) in [6.45, 7) is 3.68. The van der Waals surface area contributed by atoms with Crippen LogP contribution in [-0.4, -0.2) is 24.3 Å². The molecule has 3 N–H and O–H groups in total. The first-order valence-electron chi connectivity index (χ1n) is 5.65. The van der Waals surface area contributed by atoms with Gasteiger partial charge >= 0.3 is 0 Å². The van der Waals surface area contributed by atoms with Crippen molar-refractivity contribution in [2.24, 2.45) is 11.7 Å². The van der Waals surface area contributed by atoms with Crippen molar-refractivity contribution in [1.29, 1.82) is 0 Å². The van der Waals surface area contributed by atoms with Crippen molar-refractivity contribution in [2.45, 2.75) is 19.9 Å². The minimum Gasteiger partial charge on any atom is -0.345 e. The second-order valence-electron chi connectivity index (χ2n) is 4.22. The number of Topliss-reactive ketones (excluding diaryl/α,β-unsaturated/α-hetero) is 1. The number of hydrogen-bond acceptors (Lipinski definition) is 3. The van der Waals surface area contributed by atoms with Crippen LogP contribution >= 0.6 is 0 Å². The highest BCUT2D eigenvalue weighted by Crippen LogP contribution is 2.10. The molecule has 92 valence electrons. The Labute approximate surface area is 101 Å². The van der Waals surface area contributed by atoms with Crippen molar-refractivity contribution in [3.8, 4) is 0 Å². The van der Waals surface area contributed by atoms with Gasteiger partial charge in [-0.05, 0) is 5.92 Å². The summed E-state index contributed by atoms with van der Waals surface area (Å²) >= 11 is 0. The fraction of sp³-hybridized carbons (Fsp3) is 0.385. The van der Waals surface area contributed by atoms with Crippen LogP contribution in [-0.2, 0) is 4.79 Å². The minimum atomic E-state index is -0.520. The molecule has 0 saturated carbocycles. The average Bonchev–Trinajstić information content (AvgIpc) is 2.35. The summed E-state index contributed by atoms with van der Waals surface area (Å²) in [5, 5.41) is 2.65. The Morgan fingerprint density at radius 2 is 1.82 bits per heavy atom. The Balaban J connectivity index is 2.85. The lowest BCUT2D eigenvalue weighted by molar-refractivity contribution is -0.120. The van der Waals surface area contributed by atoms with E-state index < -0.39 is 6.04 Å². The number of amides is 1. The highest BCUT2D eigenvalue weighted by molar-refractivity contribution is 6.02. The van der Waals surface area contributed by atoms with E-state index in [0.717, 1.165) is 0 Å². The Hall–Kier alpha value is -1.68. The van der Waals surface area contributed by atoms with Crippen molar-refractivity contribution in [2.75, 3.05) is 6.54 Å². The summed E-state index contributed by atoms with van der Waals surface area (Å²) in [4.78, 5) is 23.5. The zero-order valence-electron chi connectivity index (χ0n) is 10.1. The molecule has 0 aliphatic rings. The van der Waals surface area contributed by atoms with Crippen LogP contribution in [0, 0.1) is 5.92 Å². The molecule has 0 saturated heterocycles. The SMILES string of the molecule is CC(C)[C@H](NC(=O)CN)C(=O)c1ccccc1. The molecule has 4 heteroatoms. The third-order valence-electron chi connectivity index (χ3n) is 2.51. The summed E-state index contributed by atoms with van der Waals surface area (Å²) in [7, 11) is 0. The largest absolute Gasteiger partial charge is 0.345 e. The van der Waals surface area contributed by atoms with Crippen LogP contribution < -0.4 is 11.1 Å².